The summed E-state index contributed by atoms with van der Waals surface area (Å²) in [5, 5.41) is 2.86. The molecule has 100 valence electrons. The van der Waals surface area contributed by atoms with Crippen LogP contribution < -0.4 is 16.1 Å². The minimum atomic E-state index is -0.243. The van der Waals surface area contributed by atoms with Gasteiger partial charge in [0.1, 0.15) is 0 Å². The van der Waals surface area contributed by atoms with Gasteiger partial charge in [-0.15, -0.1) is 23.1 Å². The lowest BCUT2D eigenvalue weighted by Gasteiger charge is -2.28. The van der Waals surface area contributed by atoms with E-state index in [1.165, 1.54) is 23.1 Å². The number of thioether (sulfide) groups is 1. The third kappa shape index (κ3) is 2.25. The van der Waals surface area contributed by atoms with E-state index in [0.29, 0.717) is 5.75 Å². The Labute approximate surface area is 121 Å². The Balaban J connectivity index is 2.10. The molecule has 4 N–H and O–H groups in total. The summed E-state index contributed by atoms with van der Waals surface area (Å²) in [5.41, 5.74) is 2.23. The minimum absolute atomic E-state index is 0.0761. The van der Waals surface area contributed by atoms with Crippen molar-refractivity contribution in [2.24, 2.45) is 11.8 Å². The number of aromatic amines is 1. The Morgan fingerprint density at radius 1 is 1.53 bits per heavy atom. The van der Waals surface area contributed by atoms with Crippen LogP contribution >= 0.6 is 34.4 Å². The average molecular weight is 313 g/mol. The molecule has 2 atom stereocenters. The molecule has 2 aromatic heterocycles. The average Bonchev–Trinajstić information content (AvgIpc) is 3.04. The molecule has 1 aliphatic heterocycles. The summed E-state index contributed by atoms with van der Waals surface area (Å²) in [6.45, 7) is 0. The fraction of sp³-hybridized carbons (Fsp3) is 0.273. The maximum Gasteiger partial charge on any atom is 0.305 e. The highest BCUT2D eigenvalue weighted by Gasteiger charge is 2.38. The van der Waals surface area contributed by atoms with Crippen molar-refractivity contribution < 1.29 is 4.79 Å². The van der Waals surface area contributed by atoms with Crippen LogP contribution in [0.3, 0.4) is 0 Å². The normalized spacial score (nSPS) is 21.9. The van der Waals surface area contributed by atoms with Gasteiger partial charge in [-0.1, -0.05) is 17.4 Å². The van der Waals surface area contributed by atoms with E-state index in [2.05, 4.69) is 10.4 Å². The molecular weight excluding hydrogens is 302 g/mol. The highest BCUT2D eigenvalue weighted by atomic mass is 32.2. The van der Waals surface area contributed by atoms with Crippen LogP contribution in [0.25, 0.3) is 0 Å². The summed E-state index contributed by atoms with van der Waals surface area (Å²) in [5.74, 6) is 5.38. The summed E-state index contributed by atoms with van der Waals surface area (Å²) in [6.07, 6.45) is 0. The molecule has 0 unspecified atom stereocenters. The predicted octanol–water partition coefficient (Wildman–Crippen LogP) is 1.34. The summed E-state index contributed by atoms with van der Waals surface area (Å²) in [6, 6.07) is 3.95. The number of nitrogens with two attached hydrogens (primary N) is 1. The van der Waals surface area contributed by atoms with Crippen LogP contribution in [0.2, 0.25) is 0 Å². The number of fused-ring (bicyclic) bond motifs is 1. The van der Waals surface area contributed by atoms with Crippen molar-refractivity contribution >= 4 is 40.3 Å². The van der Waals surface area contributed by atoms with Gasteiger partial charge >= 0.3 is 4.87 Å². The zero-order valence-electron chi connectivity index (χ0n) is 9.71. The lowest BCUT2D eigenvalue weighted by atomic mass is 9.90. The third-order valence-corrected chi connectivity index (χ3v) is 6.25. The number of rotatable bonds is 2. The molecule has 3 rings (SSSR count). The number of carbonyl (C=O) groups excluding carboxylic acids is 1. The van der Waals surface area contributed by atoms with Gasteiger partial charge in [0.05, 0.1) is 10.9 Å². The number of nitrogens with one attached hydrogen (secondary N) is 2. The number of aromatic nitrogens is 1. The van der Waals surface area contributed by atoms with Crippen molar-refractivity contribution in [3.8, 4) is 0 Å². The molecular formula is C11H11N3O2S3. The third-order valence-electron chi connectivity index (χ3n) is 3.06. The molecule has 2 aromatic rings. The van der Waals surface area contributed by atoms with Gasteiger partial charge in [0, 0.05) is 21.4 Å². The van der Waals surface area contributed by atoms with Crippen molar-refractivity contribution in [1.82, 2.24) is 10.4 Å². The fourth-order valence-corrected chi connectivity index (χ4v) is 5.60. The largest absolute Gasteiger partial charge is 0.307 e. The molecule has 0 radical (unpaired) electrons. The van der Waals surface area contributed by atoms with Crippen molar-refractivity contribution in [3.63, 3.8) is 0 Å². The molecule has 0 bridgehead atoms. The van der Waals surface area contributed by atoms with E-state index in [1.54, 1.807) is 11.3 Å². The van der Waals surface area contributed by atoms with Gasteiger partial charge in [-0.05, 0) is 11.4 Å². The Hall–Kier alpha value is -1.09. The number of carbonyl (C=O) groups is 1. The van der Waals surface area contributed by atoms with Gasteiger partial charge in [-0.25, -0.2) is 5.84 Å². The van der Waals surface area contributed by atoms with Gasteiger partial charge in [-0.2, -0.15) is 0 Å². The molecule has 0 saturated heterocycles. The second-order valence-corrected chi connectivity index (χ2v) is 7.15. The first kappa shape index (κ1) is 12.9. The first-order chi connectivity index (χ1) is 9.20. The number of thiophene rings is 1. The van der Waals surface area contributed by atoms with Gasteiger partial charge in [0.2, 0.25) is 5.91 Å². The van der Waals surface area contributed by atoms with Crippen LogP contribution in [0.5, 0.6) is 0 Å². The lowest BCUT2D eigenvalue weighted by Crippen LogP contribution is -2.40. The first-order valence-corrected chi connectivity index (χ1v) is 8.28. The van der Waals surface area contributed by atoms with Crippen LogP contribution in [0.4, 0.5) is 0 Å². The summed E-state index contributed by atoms with van der Waals surface area (Å²) in [4.78, 5) is 28.3. The Bertz CT molecular complexity index is 646. The summed E-state index contributed by atoms with van der Waals surface area (Å²) < 4.78 is 0. The maximum atomic E-state index is 12.0. The molecule has 0 fully saturated rings. The van der Waals surface area contributed by atoms with Gasteiger partial charge in [0.15, 0.2) is 0 Å². The maximum absolute atomic E-state index is 12.0. The van der Waals surface area contributed by atoms with Crippen LogP contribution in [-0.4, -0.2) is 16.6 Å². The highest BCUT2D eigenvalue weighted by Crippen LogP contribution is 2.46. The van der Waals surface area contributed by atoms with E-state index in [0.717, 1.165) is 14.8 Å². The fourth-order valence-electron chi connectivity index (χ4n) is 2.22. The molecule has 8 heteroatoms. The Kier molecular flexibility index (Phi) is 3.48. The molecule has 0 spiro atoms. The summed E-state index contributed by atoms with van der Waals surface area (Å²) in [7, 11) is 0. The zero-order chi connectivity index (χ0) is 13.4. The molecule has 0 aliphatic carbocycles. The highest BCUT2D eigenvalue weighted by molar-refractivity contribution is 7.99. The van der Waals surface area contributed by atoms with Gasteiger partial charge < -0.3 is 4.98 Å². The zero-order valence-corrected chi connectivity index (χ0v) is 12.2. The van der Waals surface area contributed by atoms with Gasteiger partial charge in [0.25, 0.3) is 0 Å². The van der Waals surface area contributed by atoms with E-state index in [9.17, 15) is 9.59 Å². The number of amides is 1. The molecule has 19 heavy (non-hydrogen) atoms. The number of hydrazine groups is 1. The van der Waals surface area contributed by atoms with E-state index >= 15 is 0 Å². The topological polar surface area (TPSA) is 88.0 Å². The smallest absolute Gasteiger partial charge is 0.305 e. The van der Waals surface area contributed by atoms with E-state index < -0.39 is 0 Å². The first-order valence-electron chi connectivity index (χ1n) is 5.60. The quantitative estimate of drug-likeness (QED) is 0.443. The molecule has 0 saturated carbocycles. The van der Waals surface area contributed by atoms with Gasteiger partial charge in [-0.3, -0.25) is 15.0 Å². The predicted molar refractivity (Wildman–Crippen MR) is 77.6 cm³/mol. The van der Waals surface area contributed by atoms with Crippen LogP contribution in [0.15, 0.2) is 27.3 Å². The van der Waals surface area contributed by atoms with Crippen LogP contribution in [0.1, 0.15) is 15.7 Å². The molecule has 5 nitrogen and oxygen atoms in total. The lowest BCUT2D eigenvalue weighted by molar-refractivity contribution is -0.124. The number of hydrogen-bond acceptors (Lipinski definition) is 6. The standard InChI is InChI=1S/C11H11N3O2S3/c12-14-9(15)5-4-18-10-8(19-11(16)13-10)7(5)6-2-1-3-17-6/h1-3,5,7H,4,12H2,(H,13,16)(H,14,15)/t5-,7-/m0/s1. The van der Waals surface area contributed by atoms with Crippen molar-refractivity contribution in [2.75, 3.05) is 5.75 Å². The van der Waals surface area contributed by atoms with Crippen molar-refractivity contribution in [2.45, 2.75) is 10.9 Å². The Morgan fingerprint density at radius 2 is 2.37 bits per heavy atom. The van der Waals surface area contributed by atoms with Crippen molar-refractivity contribution in [1.29, 1.82) is 0 Å². The van der Waals surface area contributed by atoms with E-state index in [1.807, 2.05) is 17.5 Å². The minimum Gasteiger partial charge on any atom is -0.307 e. The molecule has 1 aliphatic rings. The SMILES string of the molecule is NNC(=O)[C@H]1CSc2[nH]c(=O)sc2[C@@H]1c1cccs1. The number of thiazole rings is 1. The monoisotopic (exact) mass is 313 g/mol. The van der Waals surface area contributed by atoms with Crippen LogP contribution in [-0.2, 0) is 4.79 Å². The van der Waals surface area contributed by atoms with Crippen molar-refractivity contribution in [3.05, 3.63) is 36.9 Å². The van der Waals surface area contributed by atoms with E-state index in [-0.39, 0.29) is 22.6 Å². The molecule has 1 amide bonds. The van der Waals surface area contributed by atoms with Crippen LogP contribution in [0, 0.1) is 5.92 Å². The number of hydrogen-bond donors (Lipinski definition) is 3. The Morgan fingerprint density at radius 3 is 3.05 bits per heavy atom. The molecule has 3 heterocycles. The summed E-state index contributed by atoms with van der Waals surface area (Å²) >= 11 is 4.28. The number of H-pyrrole nitrogens is 1. The van der Waals surface area contributed by atoms with E-state index in [4.69, 9.17) is 5.84 Å². The molecule has 0 aromatic carbocycles. The second-order valence-electron chi connectivity index (χ2n) is 4.13. The second kappa shape index (κ2) is 5.12.